The lowest BCUT2D eigenvalue weighted by molar-refractivity contribution is 0.174. The lowest BCUT2D eigenvalue weighted by atomic mass is 10.2. The number of aliphatic hydroxyl groups excluding tert-OH is 1. The first kappa shape index (κ1) is 12.2. The van der Waals surface area contributed by atoms with Crippen LogP contribution in [0.15, 0.2) is 18.2 Å². The molecule has 0 aromatic heterocycles. The minimum absolute atomic E-state index is 0.229. The van der Waals surface area contributed by atoms with Gasteiger partial charge < -0.3 is 14.9 Å². The minimum atomic E-state index is -0.229. The van der Waals surface area contributed by atoms with Crippen molar-refractivity contribution in [2.24, 2.45) is 0 Å². The second-order valence-corrected chi connectivity index (χ2v) is 4.40. The molecule has 0 radical (unpaired) electrons. The van der Waals surface area contributed by atoms with Gasteiger partial charge in [0.05, 0.1) is 12.7 Å². The molecule has 4 heteroatoms. The van der Waals surface area contributed by atoms with Gasteiger partial charge in [0, 0.05) is 25.2 Å². The summed E-state index contributed by atoms with van der Waals surface area (Å²) in [4.78, 5) is 2.13. The summed E-state index contributed by atoms with van der Waals surface area (Å²) in [5.41, 5.74) is 0.852. The number of rotatable bonds is 4. The first-order valence-corrected chi connectivity index (χ1v) is 6.04. The van der Waals surface area contributed by atoms with E-state index in [2.05, 4.69) is 4.90 Å². The van der Waals surface area contributed by atoms with Crippen LogP contribution in [-0.2, 0) is 6.54 Å². The molecule has 0 spiro atoms. The smallest absolute Gasteiger partial charge is 0.120 e. The van der Waals surface area contributed by atoms with Gasteiger partial charge >= 0.3 is 0 Å². The lowest BCUT2D eigenvalue weighted by Crippen LogP contribution is -2.21. The van der Waals surface area contributed by atoms with Gasteiger partial charge in [0.15, 0.2) is 0 Å². The summed E-state index contributed by atoms with van der Waals surface area (Å²) in [5, 5.41) is 19.2. The van der Waals surface area contributed by atoms with E-state index in [1.54, 1.807) is 12.1 Å². The average Bonchev–Trinajstić information content (AvgIpc) is 2.69. The fourth-order valence-corrected chi connectivity index (χ4v) is 2.14. The van der Waals surface area contributed by atoms with Crippen molar-refractivity contribution in [1.82, 2.24) is 4.90 Å². The predicted octanol–water partition coefficient (Wildman–Crippen LogP) is 1.36. The molecule has 94 valence electrons. The Morgan fingerprint density at radius 1 is 1.47 bits per heavy atom. The summed E-state index contributed by atoms with van der Waals surface area (Å²) in [6, 6.07) is 5.29. The number of nitrogens with zero attached hydrogens (tertiary/aromatic N) is 1. The summed E-state index contributed by atoms with van der Waals surface area (Å²) in [7, 11) is 0. The number of likely N-dealkylation sites (tertiary alicyclic amines) is 1. The van der Waals surface area contributed by atoms with Crippen molar-refractivity contribution in [3.8, 4) is 11.5 Å². The first-order valence-electron chi connectivity index (χ1n) is 6.04. The Kier molecular flexibility index (Phi) is 3.86. The molecule has 1 atom stereocenters. The van der Waals surface area contributed by atoms with Gasteiger partial charge in [0.2, 0.25) is 0 Å². The van der Waals surface area contributed by atoms with Gasteiger partial charge in [-0.25, -0.2) is 0 Å². The zero-order chi connectivity index (χ0) is 12.3. The molecular weight excluding hydrogens is 218 g/mol. The Balaban J connectivity index is 2.06. The lowest BCUT2D eigenvalue weighted by Gasteiger charge is -2.16. The molecule has 1 aliphatic heterocycles. The van der Waals surface area contributed by atoms with Crippen molar-refractivity contribution in [3.63, 3.8) is 0 Å². The molecule has 17 heavy (non-hydrogen) atoms. The van der Waals surface area contributed by atoms with Gasteiger partial charge in [-0.2, -0.15) is 0 Å². The quantitative estimate of drug-likeness (QED) is 0.830. The van der Waals surface area contributed by atoms with E-state index in [9.17, 15) is 10.2 Å². The average molecular weight is 237 g/mol. The van der Waals surface area contributed by atoms with E-state index < -0.39 is 0 Å². The number of phenolic OH excluding ortho intramolecular Hbond substituents is 1. The number of hydrogen-bond donors (Lipinski definition) is 2. The third-order valence-corrected chi connectivity index (χ3v) is 3.00. The Hall–Kier alpha value is -1.26. The molecule has 0 amide bonds. The number of phenols is 1. The number of hydrogen-bond acceptors (Lipinski definition) is 4. The molecule has 0 unspecified atom stereocenters. The second-order valence-electron chi connectivity index (χ2n) is 4.40. The van der Waals surface area contributed by atoms with Crippen molar-refractivity contribution in [2.45, 2.75) is 26.0 Å². The first-order chi connectivity index (χ1) is 8.19. The van der Waals surface area contributed by atoms with Crippen molar-refractivity contribution >= 4 is 0 Å². The van der Waals surface area contributed by atoms with Crippen LogP contribution < -0.4 is 4.74 Å². The number of benzene rings is 1. The number of aliphatic hydroxyl groups is 1. The second kappa shape index (κ2) is 5.38. The third-order valence-electron chi connectivity index (χ3n) is 3.00. The Morgan fingerprint density at radius 2 is 2.29 bits per heavy atom. The SMILES string of the molecule is CCOc1ccc(O)c(CN2CC[C@@H](O)C2)c1. The van der Waals surface area contributed by atoms with E-state index in [4.69, 9.17) is 4.74 Å². The topological polar surface area (TPSA) is 52.9 Å². The van der Waals surface area contributed by atoms with Crippen LogP contribution in [0.4, 0.5) is 0 Å². The van der Waals surface area contributed by atoms with E-state index >= 15 is 0 Å². The normalized spacial score (nSPS) is 20.7. The maximum absolute atomic E-state index is 9.78. The van der Waals surface area contributed by atoms with Crippen LogP contribution in [0.1, 0.15) is 18.9 Å². The zero-order valence-electron chi connectivity index (χ0n) is 10.1. The fourth-order valence-electron chi connectivity index (χ4n) is 2.14. The van der Waals surface area contributed by atoms with Gasteiger partial charge in [-0.15, -0.1) is 0 Å². The van der Waals surface area contributed by atoms with Crippen LogP contribution >= 0.6 is 0 Å². The fraction of sp³-hybridized carbons (Fsp3) is 0.538. The predicted molar refractivity (Wildman–Crippen MR) is 65.2 cm³/mol. The van der Waals surface area contributed by atoms with Gasteiger partial charge in [-0.05, 0) is 31.5 Å². The van der Waals surface area contributed by atoms with Crippen molar-refractivity contribution in [1.29, 1.82) is 0 Å². The molecule has 0 saturated carbocycles. The van der Waals surface area contributed by atoms with Crippen LogP contribution in [0.3, 0.4) is 0 Å². The van der Waals surface area contributed by atoms with Gasteiger partial charge in [-0.3, -0.25) is 4.90 Å². The number of aromatic hydroxyl groups is 1. The summed E-state index contributed by atoms with van der Waals surface area (Å²) < 4.78 is 5.41. The van der Waals surface area contributed by atoms with Crippen LogP contribution in [0, 0.1) is 0 Å². The standard InChI is InChI=1S/C13H19NO3/c1-2-17-12-3-4-13(16)10(7-12)8-14-6-5-11(15)9-14/h3-4,7,11,15-16H,2,5-6,8-9H2,1H3/t11-/m1/s1. The molecule has 2 rings (SSSR count). The van der Waals surface area contributed by atoms with Crippen molar-refractivity contribution in [3.05, 3.63) is 23.8 Å². The molecule has 2 N–H and O–H groups in total. The van der Waals surface area contributed by atoms with Crippen LogP contribution in [0.5, 0.6) is 11.5 Å². The number of ether oxygens (including phenoxy) is 1. The highest BCUT2D eigenvalue weighted by molar-refractivity contribution is 5.39. The molecule has 1 aromatic carbocycles. The van der Waals surface area contributed by atoms with Crippen LogP contribution in [-0.4, -0.2) is 40.9 Å². The molecule has 0 bridgehead atoms. The maximum Gasteiger partial charge on any atom is 0.120 e. The molecule has 1 aliphatic rings. The highest BCUT2D eigenvalue weighted by atomic mass is 16.5. The van der Waals surface area contributed by atoms with Crippen molar-refractivity contribution < 1.29 is 14.9 Å². The Labute approximate surface area is 101 Å². The minimum Gasteiger partial charge on any atom is -0.508 e. The summed E-state index contributed by atoms with van der Waals surface area (Å²) in [5.74, 6) is 1.06. The van der Waals surface area contributed by atoms with Crippen LogP contribution in [0.2, 0.25) is 0 Å². The number of β-amino-alcohol motifs (C(OH)–C–C–N with tert-alkyl or cyclic N) is 1. The Morgan fingerprint density at radius 3 is 2.94 bits per heavy atom. The molecule has 1 heterocycles. The van der Waals surface area contributed by atoms with E-state index in [1.165, 1.54) is 0 Å². The molecule has 1 fully saturated rings. The van der Waals surface area contributed by atoms with Gasteiger partial charge in [0.25, 0.3) is 0 Å². The van der Waals surface area contributed by atoms with Crippen molar-refractivity contribution in [2.75, 3.05) is 19.7 Å². The van der Waals surface area contributed by atoms with Crippen LogP contribution in [0.25, 0.3) is 0 Å². The monoisotopic (exact) mass is 237 g/mol. The highest BCUT2D eigenvalue weighted by Crippen LogP contribution is 2.25. The molecule has 0 aliphatic carbocycles. The van der Waals surface area contributed by atoms with Gasteiger partial charge in [0.1, 0.15) is 11.5 Å². The van der Waals surface area contributed by atoms with E-state index in [-0.39, 0.29) is 11.9 Å². The van der Waals surface area contributed by atoms with Gasteiger partial charge in [-0.1, -0.05) is 0 Å². The largest absolute Gasteiger partial charge is 0.508 e. The summed E-state index contributed by atoms with van der Waals surface area (Å²) >= 11 is 0. The summed E-state index contributed by atoms with van der Waals surface area (Å²) in [6.07, 6.45) is 0.582. The van der Waals surface area contributed by atoms with E-state index in [0.29, 0.717) is 19.7 Å². The molecular formula is C13H19NO3. The third kappa shape index (κ3) is 3.11. The Bertz CT molecular complexity index is 381. The van der Waals surface area contributed by atoms with E-state index in [1.807, 2.05) is 13.0 Å². The molecule has 1 saturated heterocycles. The summed E-state index contributed by atoms with van der Waals surface area (Å²) in [6.45, 7) is 4.76. The molecule has 4 nitrogen and oxygen atoms in total. The zero-order valence-corrected chi connectivity index (χ0v) is 10.1. The highest BCUT2D eigenvalue weighted by Gasteiger charge is 2.21. The van der Waals surface area contributed by atoms with E-state index in [0.717, 1.165) is 24.3 Å². The molecule has 1 aromatic rings. The maximum atomic E-state index is 9.78.